The molecule has 0 radical (unpaired) electrons. The number of hydrogen-bond acceptors (Lipinski definition) is 8. The number of amides is 2. The minimum absolute atomic E-state index is 0.00769. The molecular weight excluding hydrogens is 630 g/mol. The van der Waals surface area contributed by atoms with Gasteiger partial charge in [0.2, 0.25) is 5.91 Å². The average Bonchev–Trinajstić information content (AvgIpc) is 3.56. The highest BCUT2D eigenvalue weighted by Crippen LogP contribution is 2.57. The van der Waals surface area contributed by atoms with Crippen molar-refractivity contribution in [2.24, 2.45) is 0 Å². The smallest absolute Gasteiger partial charge is 0.274 e. The highest BCUT2D eigenvalue weighted by Gasteiger charge is 2.64. The lowest BCUT2D eigenvalue weighted by atomic mass is 9.80. The van der Waals surface area contributed by atoms with Gasteiger partial charge in [0.05, 0.1) is 27.0 Å². The first kappa shape index (κ1) is 31.4. The lowest BCUT2D eigenvalue weighted by Crippen LogP contribution is -2.56. The molecule has 2 unspecified atom stereocenters. The summed E-state index contributed by atoms with van der Waals surface area (Å²) in [5.74, 6) is -0.411. The molecule has 0 aliphatic carbocycles. The van der Waals surface area contributed by atoms with Gasteiger partial charge >= 0.3 is 0 Å². The Morgan fingerprint density at radius 1 is 0.870 bits per heavy atom. The van der Waals surface area contributed by atoms with E-state index < -0.39 is 27.5 Å². The third kappa shape index (κ3) is 4.52. The number of sulfonamides is 1. The molecule has 6 rings (SSSR count). The first-order valence-corrected chi connectivity index (χ1v) is 16.1. The van der Waals surface area contributed by atoms with Crippen LogP contribution in [0.4, 0.5) is 5.69 Å². The topological polar surface area (TPSA) is 106 Å². The van der Waals surface area contributed by atoms with Crippen molar-refractivity contribution in [2.45, 2.75) is 23.0 Å². The van der Waals surface area contributed by atoms with Crippen molar-refractivity contribution in [1.82, 2.24) is 9.80 Å². The van der Waals surface area contributed by atoms with Gasteiger partial charge in [-0.05, 0) is 47.5 Å². The number of halogens is 1. The third-order valence-corrected chi connectivity index (χ3v) is 10.5. The van der Waals surface area contributed by atoms with Gasteiger partial charge in [0.25, 0.3) is 15.9 Å². The molecule has 4 aromatic carbocycles. The van der Waals surface area contributed by atoms with Gasteiger partial charge in [0.1, 0.15) is 28.2 Å². The van der Waals surface area contributed by atoms with E-state index in [0.717, 1.165) is 9.87 Å². The molecule has 0 N–H and O–H groups in total. The van der Waals surface area contributed by atoms with Crippen LogP contribution in [0, 0.1) is 0 Å². The zero-order valence-electron chi connectivity index (χ0n) is 25.9. The van der Waals surface area contributed by atoms with E-state index in [0.29, 0.717) is 22.6 Å². The summed E-state index contributed by atoms with van der Waals surface area (Å²) in [5.41, 5.74) is 0.390. The lowest BCUT2D eigenvalue weighted by molar-refractivity contribution is -0.140. The molecule has 2 heterocycles. The number of likely N-dealkylation sites (N-methyl/N-ethyl adjacent to an activating group) is 1. The molecule has 2 aliphatic rings. The van der Waals surface area contributed by atoms with Crippen molar-refractivity contribution in [2.75, 3.05) is 39.7 Å². The number of carbonyl (C=O) groups excluding carboxylic acids is 2. The van der Waals surface area contributed by atoms with E-state index in [1.54, 1.807) is 49.3 Å². The molecule has 4 aromatic rings. The molecule has 2 aliphatic heterocycles. The summed E-state index contributed by atoms with van der Waals surface area (Å²) in [6.07, 6.45) is 0. The van der Waals surface area contributed by atoms with E-state index in [2.05, 4.69) is 0 Å². The maximum absolute atomic E-state index is 15.5. The van der Waals surface area contributed by atoms with Crippen LogP contribution in [-0.4, -0.2) is 65.5 Å². The van der Waals surface area contributed by atoms with Gasteiger partial charge in [-0.25, -0.2) is 12.7 Å². The SMILES string of the molecule is COc1ccc(S(=O)(=O)N2C(=O)C(c3ccccc3OC)(N3Cc4ccccc4C3C(=O)N(C)C)c3cc(Cl)ccc32)c(OC)c1. The van der Waals surface area contributed by atoms with Crippen molar-refractivity contribution in [3.8, 4) is 17.2 Å². The van der Waals surface area contributed by atoms with Crippen LogP contribution in [0.1, 0.15) is 28.3 Å². The van der Waals surface area contributed by atoms with E-state index in [1.165, 1.54) is 56.6 Å². The predicted molar refractivity (Wildman–Crippen MR) is 173 cm³/mol. The normalized spacial score (nSPS) is 19.0. The van der Waals surface area contributed by atoms with Crippen LogP contribution in [0.5, 0.6) is 17.2 Å². The monoisotopic (exact) mass is 661 g/mol. The fourth-order valence-electron chi connectivity index (χ4n) is 6.52. The summed E-state index contributed by atoms with van der Waals surface area (Å²) in [6.45, 7) is 0.149. The zero-order valence-corrected chi connectivity index (χ0v) is 27.4. The Labute approximate surface area is 272 Å². The van der Waals surface area contributed by atoms with E-state index in [1.807, 2.05) is 24.3 Å². The highest BCUT2D eigenvalue weighted by molar-refractivity contribution is 7.93. The van der Waals surface area contributed by atoms with Crippen molar-refractivity contribution in [3.63, 3.8) is 0 Å². The minimum atomic E-state index is -4.63. The predicted octanol–water partition coefficient (Wildman–Crippen LogP) is 4.99. The van der Waals surface area contributed by atoms with Gasteiger partial charge in [0.15, 0.2) is 5.54 Å². The molecule has 2 atom stereocenters. The number of rotatable bonds is 8. The van der Waals surface area contributed by atoms with Crippen LogP contribution in [0.15, 0.2) is 89.8 Å². The molecule has 0 fully saturated rings. The fourth-order valence-corrected chi connectivity index (χ4v) is 8.29. The van der Waals surface area contributed by atoms with Crippen molar-refractivity contribution in [1.29, 1.82) is 0 Å². The number of para-hydroxylation sites is 1. The van der Waals surface area contributed by atoms with Crippen LogP contribution in [0.2, 0.25) is 5.02 Å². The summed E-state index contributed by atoms with van der Waals surface area (Å²) in [6, 6.07) is 22.3. The molecule has 0 saturated carbocycles. The second-order valence-electron chi connectivity index (χ2n) is 11.1. The fraction of sp³-hybridized carbons (Fsp3) is 0.235. The maximum Gasteiger partial charge on any atom is 0.274 e. The van der Waals surface area contributed by atoms with Gasteiger partial charge in [-0.1, -0.05) is 54.1 Å². The van der Waals surface area contributed by atoms with Crippen LogP contribution >= 0.6 is 11.6 Å². The molecule has 0 aromatic heterocycles. The number of carbonyl (C=O) groups is 2. The molecule has 10 nitrogen and oxygen atoms in total. The number of ether oxygens (including phenoxy) is 3. The number of anilines is 1. The van der Waals surface area contributed by atoms with Crippen molar-refractivity contribution >= 4 is 39.1 Å². The molecule has 2 amide bonds. The van der Waals surface area contributed by atoms with E-state index in [9.17, 15) is 13.2 Å². The first-order chi connectivity index (χ1) is 22.0. The Balaban J connectivity index is 1.70. The lowest BCUT2D eigenvalue weighted by Gasteiger charge is -2.42. The second-order valence-corrected chi connectivity index (χ2v) is 13.3. The highest BCUT2D eigenvalue weighted by atomic mass is 35.5. The Kier molecular flexibility index (Phi) is 7.95. The van der Waals surface area contributed by atoms with E-state index >= 15 is 4.79 Å². The van der Waals surface area contributed by atoms with Gasteiger partial charge in [0, 0.05) is 42.9 Å². The van der Waals surface area contributed by atoms with Gasteiger partial charge in [-0.2, -0.15) is 0 Å². The van der Waals surface area contributed by atoms with Crippen LogP contribution in [0.3, 0.4) is 0 Å². The molecule has 0 spiro atoms. The van der Waals surface area contributed by atoms with Gasteiger partial charge < -0.3 is 19.1 Å². The minimum Gasteiger partial charge on any atom is -0.497 e. The van der Waals surface area contributed by atoms with Crippen LogP contribution in [0.25, 0.3) is 0 Å². The molecular formula is C34H32ClN3O7S. The number of nitrogens with zero attached hydrogens (tertiary/aromatic N) is 3. The van der Waals surface area contributed by atoms with E-state index in [4.69, 9.17) is 25.8 Å². The number of fused-ring (bicyclic) bond motifs is 2. The quantitative estimate of drug-likeness (QED) is 0.260. The Morgan fingerprint density at radius 3 is 2.26 bits per heavy atom. The second kappa shape index (κ2) is 11.7. The van der Waals surface area contributed by atoms with Crippen LogP contribution < -0.4 is 18.5 Å². The van der Waals surface area contributed by atoms with Crippen molar-refractivity contribution in [3.05, 3.63) is 112 Å². The Hall–Kier alpha value is -4.58. The average molecular weight is 662 g/mol. The zero-order chi connectivity index (χ0) is 33.0. The molecule has 0 saturated heterocycles. The summed E-state index contributed by atoms with van der Waals surface area (Å²) in [4.78, 5) is 32.6. The molecule has 0 bridgehead atoms. The number of hydrogen-bond donors (Lipinski definition) is 0. The third-order valence-electron chi connectivity index (χ3n) is 8.55. The summed E-state index contributed by atoms with van der Waals surface area (Å²) in [7, 11) is 2.92. The van der Waals surface area contributed by atoms with Gasteiger partial charge in [-0.15, -0.1) is 0 Å². The molecule has 46 heavy (non-hydrogen) atoms. The number of benzene rings is 4. The largest absolute Gasteiger partial charge is 0.497 e. The standard InChI is InChI=1S/C34H32ClN3O7S/c1-36(2)32(39)31-24-11-7-6-10-21(24)20-37(31)34(25-12-8-9-13-28(25)44-4)26-18-22(35)14-16-27(26)38(33(34)40)46(41,42)30-17-15-23(43-3)19-29(30)45-5/h6-19,31H,20H2,1-5H3. The Morgan fingerprint density at radius 2 is 1.57 bits per heavy atom. The summed E-state index contributed by atoms with van der Waals surface area (Å²) < 4.78 is 46.8. The summed E-state index contributed by atoms with van der Waals surface area (Å²) >= 11 is 6.63. The maximum atomic E-state index is 15.5. The van der Waals surface area contributed by atoms with Gasteiger partial charge in [-0.3, -0.25) is 14.5 Å². The molecule has 12 heteroatoms. The summed E-state index contributed by atoms with van der Waals surface area (Å²) in [5, 5.41) is 0.277. The van der Waals surface area contributed by atoms with Crippen molar-refractivity contribution < 1.29 is 32.2 Å². The van der Waals surface area contributed by atoms with E-state index in [-0.39, 0.29) is 39.4 Å². The van der Waals surface area contributed by atoms with Crippen LogP contribution in [-0.2, 0) is 31.7 Å². The first-order valence-electron chi connectivity index (χ1n) is 14.3. The molecule has 238 valence electrons. The Bertz CT molecular complexity index is 1980. The number of methoxy groups -OCH3 is 3.